The molecule has 9 heteroatoms. The van der Waals surface area contributed by atoms with E-state index in [2.05, 4.69) is 0 Å². The third-order valence-electron chi connectivity index (χ3n) is 4.70. The molecule has 0 bridgehead atoms. The molecular weight excluding hydrogens is 420 g/mol. The number of rotatable bonds is 9. The van der Waals surface area contributed by atoms with Gasteiger partial charge in [0.2, 0.25) is 0 Å². The summed E-state index contributed by atoms with van der Waals surface area (Å²) < 4.78 is 25.1. The second kappa shape index (κ2) is 10.5. The Morgan fingerprint density at radius 1 is 1.00 bits per heavy atom. The number of carbonyl (C=O) groups is 3. The first-order chi connectivity index (χ1) is 15.4. The van der Waals surface area contributed by atoms with Crippen LogP contribution in [0.3, 0.4) is 0 Å². The van der Waals surface area contributed by atoms with Gasteiger partial charge in [-0.3, -0.25) is 9.59 Å². The van der Waals surface area contributed by atoms with E-state index in [0.29, 0.717) is 17.9 Å². The van der Waals surface area contributed by atoms with E-state index in [4.69, 9.17) is 23.7 Å². The highest BCUT2D eigenvalue weighted by Crippen LogP contribution is 2.28. The summed E-state index contributed by atoms with van der Waals surface area (Å²) in [7, 11) is 0. The van der Waals surface area contributed by atoms with Gasteiger partial charge in [-0.15, -0.1) is 0 Å². The van der Waals surface area contributed by atoms with Crippen LogP contribution in [0.2, 0.25) is 0 Å². The molecule has 0 unspecified atom stereocenters. The Labute approximate surface area is 184 Å². The number of benzene rings is 2. The average molecular weight is 444 g/mol. The molecule has 0 atom stereocenters. The molecule has 1 heterocycles. The van der Waals surface area contributed by atoms with Crippen LogP contribution in [0, 0.1) is 5.41 Å². The molecule has 1 saturated heterocycles. The van der Waals surface area contributed by atoms with Crippen molar-refractivity contribution < 1.29 is 43.2 Å². The van der Waals surface area contributed by atoms with Gasteiger partial charge in [-0.1, -0.05) is 36.4 Å². The highest BCUT2D eigenvalue weighted by molar-refractivity contribution is 5.78. The van der Waals surface area contributed by atoms with E-state index in [1.165, 1.54) is 6.07 Å². The summed E-state index contributed by atoms with van der Waals surface area (Å²) >= 11 is 0. The normalized spacial score (nSPS) is 14.6. The van der Waals surface area contributed by atoms with Gasteiger partial charge in [-0.25, -0.2) is 4.79 Å². The molecule has 0 spiro atoms. The van der Waals surface area contributed by atoms with Crippen molar-refractivity contribution in [1.29, 1.82) is 0 Å². The van der Waals surface area contributed by atoms with Crippen LogP contribution in [0.25, 0.3) is 0 Å². The number of phenols is 1. The molecule has 0 aliphatic carbocycles. The molecule has 32 heavy (non-hydrogen) atoms. The Morgan fingerprint density at radius 3 is 2.38 bits per heavy atom. The van der Waals surface area contributed by atoms with Crippen molar-refractivity contribution in [2.45, 2.75) is 20.0 Å². The SMILES string of the molecule is CC1(C(=O)OCCOC(=O)Cc2ccc(OCc3ccccc3)c(O)c2)COC(=O)OC1. The van der Waals surface area contributed by atoms with E-state index in [1.807, 2.05) is 30.3 Å². The smallest absolute Gasteiger partial charge is 0.504 e. The summed E-state index contributed by atoms with van der Waals surface area (Å²) in [6, 6.07) is 14.2. The van der Waals surface area contributed by atoms with Gasteiger partial charge in [0.15, 0.2) is 11.5 Å². The van der Waals surface area contributed by atoms with Gasteiger partial charge in [0, 0.05) is 0 Å². The van der Waals surface area contributed by atoms with Gasteiger partial charge in [0.25, 0.3) is 0 Å². The van der Waals surface area contributed by atoms with Crippen molar-refractivity contribution >= 4 is 18.1 Å². The fourth-order valence-corrected chi connectivity index (χ4v) is 2.85. The summed E-state index contributed by atoms with van der Waals surface area (Å²) in [6.45, 7) is 1.30. The van der Waals surface area contributed by atoms with E-state index >= 15 is 0 Å². The zero-order valence-corrected chi connectivity index (χ0v) is 17.6. The largest absolute Gasteiger partial charge is 0.508 e. The monoisotopic (exact) mass is 444 g/mol. The summed E-state index contributed by atoms with van der Waals surface area (Å²) in [4.78, 5) is 35.0. The molecule has 1 aliphatic heterocycles. The molecule has 3 rings (SSSR count). The molecule has 2 aromatic carbocycles. The maximum atomic E-state index is 12.1. The molecule has 0 aromatic heterocycles. The number of phenolic OH excluding ortho intramolecular Hbond substituents is 1. The van der Waals surface area contributed by atoms with Crippen LogP contribution in [0.15, 0.2) is 48.5 Å². The molecular formula is C23H24O9. The van der Waals surface area contributed by atoms with Crippen molar-refractivity contribution in [3.8, 4) is 11.5 Å². The number of hydrogen-bond acceptors (Lipinski definition) is 9. The molecule has 9 nitrogen and oxygen atoms in total. The molecule has 1 N–H and O–H groups in total. The molecule has 1 fully saturated rings. The van der Waals surface area contributed by atoms with Crippen molar-refractivity contribution in [3.63, 3.8) is 0 Å². The highest BCUT2D eigenvalue weighted by atomic mass is 16.7. The zero-order valence-electron chi connectivity index (χ0n) is 17.6. The Morgan fingerprint density at radius 2 is 1.69 bits per heavy atom. The summed E-state index contributed by atoms with van der Waals surface area (Å²) in [5.74, 6) is -0.927. The lowest BCUT2D eigenvalue weighted by Gasteiger charge is -2.29. The van der Waals surface area contributed by atoms with Gasteiger partial charge in [-0.05, 0) is 30.2 Å². The number of carbonyl (C=O) groups excluding carboxylic acids is 3. The van der Waals surface area contributed by atoms with Gasteiger partial charge in [-0.2, -0.15) is 0 Å². The Balaban J connectivity index is 1.38. The second-order valence-corrected chi connectivity index (χ2v) is 7.50. The molecule has 170 valence electrons. The maximum absolute atomic E-state index is 12.1. The predicted octanol–water partition coefficient (Wildman–Crippen LogP) is 2.77. The number of cyclic esters (lactones) is 2. The number of ether oxygens (including phenoxy) is 5. The quantitative estimate of drug-likeness (QED) is 0.354. The molecule has 2 aromatic rings. The Bertz CT molecular complexity index is 945. The van der Waals surface area contributed by atoms with Crippen LogP contribution in [-0.4, -0.2) is 49.6 Å². The highest BCUT2D eigenvalue weighted by Gasteiger charge is 2.41. The Hall–Kier alpha value is -3.75. The minimum absolute atomic E-state index is 0.0675. The van der Waals surface area contributed by atoms with Gasteiger partial charge in [0.05, 0.1) is 6.42 Å². The van der Waals surface area contributed by atoms with Crippen molar-refractivity contribution in [2.24, 2.45) is 5.41 Å². The van der Waals surface area contributed by atoms with Gasteiger partial charge in [0.1, 0.15) is 38.4 Å². The topological polar surface area (TPSA) is 118 Å². The lowest BCUT2D eigenvalue weighted by atomic mass is 9.93. The minimum Gasteiger partial charge on any atom is -0.504 e. The van der Waals surface area contributed by atoms with Crippen molar-refractivity contribution in [2.75, 3.05) is 26.4 Å². The molecule has 1 aliphatic rings. The summed E-state index contributed by atoms with van der Waals surface area (Å²) in [6.07, 6.45) is -0.895. The van der Waals surface area contributed by atoms with Crippen LogP contribution < -0.4 is 4.74 Å². The van der Waals surface area contributed by atoms with Crippen LogP contribution >= 0.6 is 0 Å². The van der Waals surface area contributed by atoms with Crippen LogP contribution in [0.5, 0.6) is 11.5 Å². The van der Waals surface area contributed by atoms with Crippen molar-refractivity contribution in [3.05, 3.63) is 59.7 Å². The van der Waals surface area contributed by atoms with Gasteiger partial charge >= 0.3 is 18.1 Å². The summed E-state index contributed by atoms with van der Waals surface area (Å²) in [5.41, 5.74) is 0.413. The third-order valence-corrected chi connectivity index (χ3v) is 4.70. The predicted molar refractivity (Wildman–Crippen MR) is 110 cm³/mol. The molecule has 0 radical (unpaired) electrons. The van der Waals surface area contributed by atoms with Crippen LogP contribution in [0.1, 0.15) is 18.1 Å². The van der Waals surface area contributed by atoms with E-state index in [9.17, 15) is 19.5 Å². The first-order valence-corrected chi connectivity index (χ1v) is 9.97. The van der Waals surface area contributed by atoms with Crippen LogP contribution in [0.4, 0.5) is 4.79 Å². The van der Waals surface area contributed by atoms with Gasteiger partial charge < -0.3 is 28.8 Å². The second-order valence-electron chi connectivity index (χ2n) is 7.50. The average Bonchev–Trinajstić information content (AvgIpc) is 2.79. The lowest BCUT2D eigenvalue weighted by Crippen LogP contribution is -2.44. The number of esters is 2. The van der Waals surface area contributed by atoms with Crippen LogP contribution in [-0.2, 0) is 41.6 Å². The lowest BCUT2D eigenvalue weighted by molar-refractivity contribution is -0.169. The maximum Gasteiger partial charge on any atom is 0.508 e. The third kappa shape index (κ3) is 6.37. The van der Waals surface area contributed by atoms with Crippen molar-refractivity contribution in [1.82, 2.24) is 0 Å². The summed E-state index contributed by atoms with van der Waals surface area (Å²) in [5, 5.41) is 10.1. The zero-order chi connectivity index (χ0) is 23.0. The molecule has 0 saturated carbocycles. The first kappa shape index (κ1) is 22.9. The first-order valence-electron chi connectivity index (χ1n) is 9.97. The number of hydrogen-bond donors (Lipinski definition) is 1. The fourth-order valence-electron chi connectivity index (χ4n) is 2.85. The minimum atomic E-state index is -1.10. The van der Waals surface area contributed by atoms with E-state index < -0.39 is 23.5 Å². The van der Waals surface area contributed by atoms with E-state index in [0.717, 1.165) is 5.56 Å². The van der Waals surface area contributed by atoms with E-state index in [1.54, 1.807) is 19.1 Å². The number of aromatic hydroxyl groups is 1. The standard InChI is InChI=1S/C23H24O9/c1-23(14-31-22(27)32-15-23)21(26)29-10-9-28-20(25)12-17-7-8-19(18(24)11-17)30-13-16-5-3-2-4-6-16/h2-8,11,24H,9-10,12-15H2,1H3. The Kier molecular flexibility index (Phi) is 7.54. The fraction of sp³-hybridized carbons (Fsp3) is 0.348. The molecule has 0 amide bonds. The van der Waals surface area contributed by atoms with E-state index in [-0.39, 0.29) is 38.6 Å².